The van der Waals surface area contributed by atoms with E-state index in [-0.39, 0.29) is 12.0 Å². The molecule has 1 aliphatic heterocycles. The van der Waals surface area contributed by atoms with E-state index < -0.39 is 0 Å². The van der Waals surface area contributed by atoms with Crippen LogP contribution in [-0.2, 0) is 22.6 Å². The van der Waals surface area contributed by atoms with Gasteiger partial charge in [0.1, 0.15) is 0 Å². The van der Waals surface area contributed by atoms with Crippen LogP contribution >= 0.6 is 11.8 Å². The number of nitrogens with zero attached hydrogens (tertiary/aromatic N) is 3. The molecule has 5 nitrogen and oxygen atoms in total. The first-order valence-corrected chi connectivity index (χ1v) is 10.5. The van der Waals surface area contributed by atoms with Crippen LogP contribution in [-0.4, -0.2) is 45.9 Å². The molecule has 1 saturated heterocycles. The van der Waals surface area contributed by atoms with Crippen LogP contribution in [0.1, 0.15) is 35.4 Å². The number of aryl methyl sites for hydroxylation is 2. The van der Waals surface area contributed by atoms with E-state index in [4.69, 9.17) is 4.74 Å². The summed E-state index contributed by atoms with van der Waals surface area (Å²) < 4.78 is 7.99. The molecule has 1 amide bonds. The molecule has 1 fully saturated rings. The second-order valence-corrected chi connectivity index (χ2v) is 8.28. The van der Waals surface area contributed by atoms with E-state index in [0.29, 0.717) is 12.3 Å². The van der Waals surface area contributed by atoms with E-state index in [1.807, 2.05) is 14.0 Å². The zero-order valence-corrected chi connectivity index (χ0v) is 17.5. The van der Waals surface area contributed by atoms with Crippen molar-refractivity contribution in [2.24, 2.45) is 0 Å². The molecule has 0 saturated carbocycles. The highest BCUT2D eigenvalue weighted by Gasteiger charge is 2.21. The average Bonchev–Trinajstić information content (AvgIpc) is 3.25. The fraction of sp³-hybridized carbons (Fsp3) is 0.524. The molecule has 1 aromatic carbocycles. The number of rotatable bonds is 7. The van der Waals surface area contributed by atoms with Crippen molar-refractivity contribution in [1.29, 1.82) is 0 Å². The van der Waals surface area contributed by atoms with Crippen LogP contribution in [0.2, 0.25) is 0 Å². The van der Waals surface area contributed by atoms with Crippen molar-refractivity contribution in [1.82, 2.24) is 14.5 Å². The van der Waals surface area contributed by atoms with Crippen molar-refractivity contribution >= 4 is 17.7 Å². The zero-order valence-electron chi connectivity index (χ0n) is 16.7. The summed E-state index contributed by atoms with van der Waals surface area (Å²) in [5.74, 6) is 0.506. The van der Waals surface area contributed by atoms with E-state index in [9.17, 15) is 4.79 Å². The molecule has 3 rings (SSSR count). The Bertz CT molecular complexity index is 779. The third-order valence-corrected chi connectivity index (χ3v) is 6.08. The van der Waals surface area contributed by atoms with Gasteiger partial charge in [-0.2, -0.15) is 0 Å². The minimum Gasteiger partial charge on any atom is -0.376 e. The number of benzene rings is 1. The Labute approximate surface area is 166 Å². The average molecular weight is 388 g/mol. The molecule has 0 N–H and O–H groups in total. The normalized spacial score (nSPS) is 16.7. The maximum absolute atomic E-state index is 12.6. The summed E-state index contributed by atoms with van der Waals surface area (Å²) in [7, 11) is 1.86. The highest BCUT2D eigenvalue weighted by atomic mass is 32.2. The fourth-order valence-corrected chi connectivity index (χ4v) is 4.27. The first-order valence-electron chi connectivity index (χ1n) is 9.51. The van der Waals surface area contributed by atoms with Crippen molar-refractivity contribution in [3.8, 4) is 0 Å². The number of aromatic nitrogens is 2. The molecule has 27 heavy (non-hydrogen) atoms. The van der Waals surface area contributed by atoms with Gasteiger partial charge in [-0.3, -0.25) is 4.79 Å². The van der Waals surface area contributed by atoms with E-state index in [1.54, 1.807) is 4.90 Å². The SMILES string of the molecule is Cc1ccc(CN(C)C(=O)CSc2nc(C)c(C)n2CC2CCCO2)cc1. The second-order valence-electron chi connectivity index (χ2n) is 7.33. The maximum atomic E-state index is 12.6. The summed E-state index contributed by atoms with van der Waals surface area (Å²) in [6, 6.07) is 8.31. The van der Waals surface area contributed by atoms with Gasteiger partial charge in [0.05, 0.1) is 24.1 Å². The van der Waals surface area contributed by atoms with Gasteiger partial charge in [-0.25, -0.2) is 4.98 Å². The highest BCUT2D eigenvalue weighted by Crippen LogP contribution is 2.24. The number of amides is 1. The Morgan fingerprint density at radius 3 is 2.70 bits per heavy atom. The lowest BCUT2D eigenvalue weighted by Gasteiger charge is -2.18. The molecule has 1 aliphatic rings. The molecule has 2 aromatic rings. The third kappa shape index (κ3) is 5.14. The molecule has 0 spiro atoms. The first-order chi connectivity index (χ1) is 12.9. The van der Waals surface area contributed by atoms with Crippen molar-refractivity contribution in [3.05, 3.63) is 46.8 Å². The zero-order chi connectivity index (χ0) is 19.4. The van der Waals surface area contributed by atoms with Gasteiger partial charge in [-0.15, -0.1) is 0 Å². The second kappa shape index (κ2) is 8.93. The van der Waals surface area contributed by atoms with Gasteiger partial charge in [-0.05, 0) is 39.2 Å². The van der Waals surface area contributed by atoms with Crippen molar-refractivity contribution in [2.75, 3.05) is 19.4 Å². The van der Waals surface area contributed by atoms with E-state index >= 15 is 0 Å². The summed E-state index contributed by atoms with van der Waals surface area (Å²) in [5.41, 5.74) is 4.56. The number of carbonyl (C=O) groups is 1. The molecular formula is C21H29N3O2S. The predicted octanol–water partition coefficient (Wildman–Crippen LogP) is 3.74. The molecule has 0 radical (unpaired) electrons. The number of thioether (sulfide) groups is 1. The molecule has 146 valence electrons. The van der Waals surface area contributed by atoms with Gasteiger partial charge in [0, 0.05) is 25.9 Å². The smallest absolute Gasteiger partial charge is 0.233 e. The molecule has 0 bridgehead atoms. The van der Waals surface area contributed by atoms with Gasteiger partial charge >= 0.3 is 0 Å². The Kier molecular flexibility index (Phi) is 6.60. The van der Waals surface area contributed by atoms with Gasteiger partial charge in [0.2, 0.25) is 5.91 Å². The lowest BCUT2D eigenvalue weighted by molar-refractivity contribution is -0.127. The van der Waals surface area contributed by atoms with Crippen LogP contribution < -0.4 is 0 Å². The summed E-state index contributed by atoms with van der Waals surface area (Å²) in [5, 5.41) is 0.914. The number of hydrogen-bond acceptors (Lipinski definition) is 4. The minimum absolute atomic E-state index is 0.113. The predicted molar refractivity (Wildman–Crippen MR) is 109 cm³/mol. The third-order valence-electron chi connectivity index (χ3n) is 5.12. The van der Waals surface area contributed by atoms with Crippen molar-refractivity contribution in [3.63, 3.8) is 0 Å². The van der Waals surface area contributed by atoms with Crippen LogP contribution in [0.5, 0.6) is 0 Å². The van der Waals surface area contributed by atoms with Crippen LogP contribution in [0.25, 0.3) is 0 Å². The number of hydrogen-bond donors (Lipinski definition) is 0. The van der Waals surface area contributed by atoms with Crippen LogP contribution in [0.4, 0.5) is 0 Å². The van der Waals surface area contributed by atoms with E-state index in [1.165, 1.54) is 17.3 Å². The van der Waals surface area contributed by atoms with Crippen molar-refractivity contribution in [2.45, 2.75) is 58.0 Å². The summed E-state index contributed by atoms with van der Waals surface area (Å²) in [4.78, 5) is 19.0. The van der Waals surface area contributed by atoms with Crippen LogP contribution in [0.15, 0.2) is 29.4 Å². The number of carbonyl (C=O) groups excluding carboxylic acids is 1. The molecular weight excluding hydrogens is 358 g/mol. The van der Waals surface area contributed by atoms with Gasteiger partial charge in [-0.1, -0.05) is 41.6 Å². The molecule has 1 aromatic heterocycles. The number of imidazole rings is 1. The van der Waals surface area contributed by atoms with Gasteiger partial charge in [0.15, 0.2) is 5.16 Å². The Balaban J connectivity index is 1.59. The van der Waals surface area contributed by atoms with Crippen molar-refractivity contribution < 1.29 is 9.53 Å². The van der Waals surface area contributed by atoms with E-state index in [0.717, 1.165) is 48.1 Å². The topological polar surface area (TPSA) is 47.4 Å². The maximum Gasteiger partial charge on any atom is 0.233 e. The Morgan fingerprint density at radius 2 is 2.04 bits per heavy atom. The monoisotopic (exact) mass is 387 g/mol. The van der Waals surface area contributed by atoms with Crippen LogP contribution in [0, 0.1) is 20.8 Å². The van der Waals surface area contributed by atoms with Gasteiger partial charge in [0.25, 0.3) is 0 Å². The lowest BCUT2D eigenvalue weighted by atomic mass is 10.1. The molecule has 1 atom stereocenters. The first kappa shape index (κ1) is 20.0. The lowest BCUT2D eigenvalue weighted by Crippen LogP contribution is -2.28. The summed E-state index contributed by atoms with van der Waals surface area (Å²) in [6.45, 7) is 8.48. The molecule has 2 heterocycles. The van der Waals surface area contributed by atoms with E-state index in [2.05, 4.69) is 47.7 Å². The molecule has 6 heteroatoms. The summed E-state index contributed by atoms with van der Waals surface area (Å²) >= 11 is 1.52. The summed E-state index contributed by atoms with van der Waals surface area (Å²) in [6.07, 6.45) is 2.48. The molecule has 0 aliphatic carbocycles. The standard InChI is InChI=1S/C21H29N3O2S/c1-15-7-9-18(10-8-15)12-23(4)20(25)14-27-21-22-16(2)17(3)24(21)13-19-6-5-11-26-19/h7-10,19H,5-6,11-14H2,1-4H3. The molecule has 1 unspecified atom stereocenters. The van der Waals surface area contributed by atoms with Gasteiger partial charge < -0.3 is 14.2 Å². The Morgan fingerprint density at radius 1 is 1.30 bits per heavy atom. The number of ether oxygens (including phenoxy) is 1. The van der Waals surface area contributed by atoms with Crippen LogP contribution in [0.3, 0.4) is 0 Å². The fourth-order valence-electron chi connectivity index (χ4n) is 3.23. The minimum atomic E-state index is 0.113. The Hall–Kier alpha value is -1.79. The quantitative estimate of drug-likeness (QED) is 0.679. The highest BCUT2D eigenvalue weighted by molar-refractivity contribution is 7.99. The largest absolute Gasteiger partial charge is 0.376 e.